The quantitative estimate of drug-likeness (QED) is 0.0297. The van der Waals surface area contributed by atoms with E-state index in [1.165, 1.54) is 0 Å². The van der Waals surface area contributed by atoms with E-state index in [1.54, 1.807) is 0 Å². The van der Waals surface area contributed by atoms with Gasteiger partial charge in [-0.2, -0.15) is 0 Å². The lowest BCUT2D eigenvalue weighted by Crippen LogP contribution is -2.53. The van der Waals surface area contributed by atoms with E-state index in [-0.39, 0.29) is 48.1 Å². The summed E-state index contributed by atoms with van der Waals surface area (Å²) in [4.78, 5) is 39.1. The second kappa shape index (κ2) is 37.0. The zero-order valence-corrected chi connectivity index (χ0v) is 68.9. The van der Waals surface area contributed by atoms with Crippen molar-refractivity contribution in [2.45, 2.75) is 129 Å². The van der Waals surface area contributed by atoms with E-state index in [4.69, 9.17) is 9.98 Å². The fourth-order valence-corrected chi connectivity index (χ4v) is 15.2. The van der Waals surface area contributed by atoms with Crippen LogP contribution in [0.15, 0.2) is 313 Å². The lowest BCUT2D eigenvalue weighted by molar-refractivity contribution is 0.0863. The van der Waals surface area contributed by atoms with Crippen LogP contribution in [0.3, 0.4) is 0 Å². The molecule has 12 aromatic rings. The van der Waals surface area contributed by atoms with Crippen LogP contribution < -0.4 is 21.3 Å². The molecule has 0 aliphatic heterocycles. The summed E-state index contributed by atoms with van der Waals surface area (Å²) in [5, 5.41) is 14.4. The molecular weight excluding hydrogens is 1420 g/mol. The Morgan fingerprint density at radius 2 is 0.570 bits per heavy atom. The summed E-state index contributed by atoms with van der Waals surface area (Å²) in [5.74, 6) is 21.5. The zero-order chi connectivity index (χ0) is 79.6. The van der Waals surface area contributed by atoms with Gasteiger partial charge in [0.15, 0.2) is 0 Å². The van der Waals surface area contributed by atoms with Crippen molar-refractivity contribution in [2.75, 3.05) is 0 Å². The van der Waals surface area contributed by atoms with Crippen LogP contribution in [0.4, 0.5) is 0 Å². The average Bonchev–Trinajstić information content (AvgIpc) is 0.779. The molecule has 12 aromatic carbocycles. The molecule has 10 heteroatoms. The molecule has 6 atom stereocenters. The molecule has 1 unspecified atom stereocenters. The molecule has 1 aliphatic rings. The third-order valence-electron chi connectivity index (χ3n) is 20.5. The molecule has 8 nitrogen and oxygen atoms in total. The maximum Gasteiger partial charge on any atom is 0.251 e. The fraction of sp³-hybridized carbons (Fsp3) is 0.192. The van der Waals surface area contributed by atoms with Gasteiger partial charge >= 0.3 is 0 Å². The summed E-state index contributed by atoms with van der Waals surface area (Å²) in [6.45, 7) is 22.3. The van der Waals surface area contributed by atoms with E-state index in [1.807, 2.05) is 72.8 Å². The molecule has 0 saturated heterocycles. The van der Waals surface area contributed by atoms with Gasteiger partial charge in [0, 0.05) is 79.8 Å². The molecule has 13 rings (SSSR count). The highest BCUT2D eigenvalue weighted by Crippen LogP contribution is 2.38. The molecule has 114 heavy (non-hydrogen) atoms. The summed E-state index contributed by atoms with van der Waals surface area (Å²) in [6, 6.07) is 103. The highest BCUT2D eigenvalue weighted by molar-refractivity contribution is 6.84. The second-order valence-electron chi connectivity index (χ2n) is 31.5. The van der Waals surface area contributed by atoms with Crippen molar-refractivity contribution < 1.29 is 9.59 Å². The Morgan fingerprint density at radius 3 is 0.842 bits per heavy atom. The number of carbonyl (C=O) groups excluding carboxylic acids is 2. The first-order valence-electron chi connectivity index (χ1n) is 39.7. The maximum absolute atomic E-state index is 14.0. The van der Waals surface area contributed by atoms with Gasteiger partial charge in [-0.3, -0.25) is 19.6 Å². The number of benzene rings is 12. The zero-order valence-electron chi connectivity index (χ0n) is 66.9. The van der Waals surface area contributed by atoms with Crippen LogP contribution in [0.2, 0.25) is 39.3 Å². The number of amidine groups is 2. The van der Waals surface area contributed by atoms with Gasteiger partial charge in [-0.1, -0.05) is 294 Å². The molecule has 1 aliphatic carbocycles. The van der Waals surface area contributed by atoms with Gasteiger partial charge in [0.25, 0.3) is 11.8 Å². The predicted octanol–water partition coefficient (Wildman–Crippen LogP) is 22.8. The summed E-state index contributed by atoms with van der Waals surface area (Å²) in [7, 11) is -3.15. The van der Waals surface area contributed by atoms with Gasteiger partial charge in [0.2, 0.25) is 0 Å². The molecule has 0 spiro atoms. The van der Waals surface area contributed by atoms with Gasteiger partial charge in [-0.25, -0.2) is 0 Å². The van der Waals surface area contributed by atoms with Crippen LogP contribution >= 0.6 is 0 Å². The van der Waals surface area contributed by atoms with Crippen LogP contribution in [0, 0.1) is 46.6 Å². The van der Waals surface area contributed by atoms with Crippen LogP contribution in [0.25, 0.3) is 44.5 Å². The van der Waals surface area contributed by atoms with Crippen LogP contribution in [-0.2, 0) is 0 Å². The highest BCUT2D eigenvalue weighted by atomic mass is 28.3. The van der Waals surface area contributed by atoms with Crippen molar-refractivity contribution in [1.82, 2.24) is 21.3 Å². The molecule has 2 amide bonds. The van der Waals surface area contributed by atoms with Crippen LogP contribution in [0.5, 0.6) is 0 Å². The number of amides is 2. The molecule has 564 valence electrons. The van der Waals surface area contributed by atoms with Crippen LogP contribution in [-0.4, -0.2) is 51.7 Å². The topological polar surface area (TPSA) is 107 Å². The van der Waals surface area contributed by atoms with Gasteiger partial charge in [-0.05, 0) is 204 Å². The molecular formula is C104H98N6O2Si2. The Bertz CT molecular complexity index is 5310. The van der Waals surface area contributed by atoms with Crippen LogP contribution in [0.1, 0.15) is 165 Å². The van der Waals surface area contributed by atoms with Crippen molar-refractivity contribution in [3.05, 3.63) is 381 Å². The number of aliphatic imine (C=N–C) groups is 2. The molecule has 0 bridgehead atoms. The van der Waals surface area contributed by atoms with E-state index >= 15 is 0 Å². The van der Waals surface area contributed by atoms with Crippen molar-refractivity contribution in [3.8, 4) is 91.1 Å². The predicted molar refractivity (Wildman–Crippen MR) is 480 cm³/mol. The Morgan fingerprint density at radius 1 is 0.316 bits per heavy atom. The van der Waals surface area contributed by atoms with Crippen molar-refractivity contribution in [2.24, 2.45) is 9.98 Å². The van der Waals surface area contributed by atoms with Gasteiger partial charge in [0.1, 0.15) is 27.8 Å². The SMILES string of the molecule is CC(NC(=N[C@H](C)c1ccccc1)c1c(-c2ccc(C#Cc3ccc(C(=O)N[C@H]4CCCC[C@@H]4NC(=O)c4ccc(C#Cc5ccc(-c6cccc(-c7ccc(C#C[Si](C)(C)C)cc7)c6C(=N[C@H](C)c6ccccc6)N[C@H](C)c6ccccc6)cc5)cc4)cc3)cc2)cccc1-c1ccc(C#C[Si](C)(C)C)cc1)c1ccccc1. The average molecular weight is 1520 g/mol. The molecule has 4 N–H and O–H groups in total. The summed E-state index contributed by atoms with van der Waals surface area (Å²) in [6.07, 6.45) is 3.40. The Balaban J connectivity index is 0.679. The third-order valence-corrected chi connectivity index (χ3v) is 22.2. The van der Waals surface area contributed by atoms with Gasteiger partial charge in [0.05, 0.1) is 12.1 Å². The number of rotatable bonds is 18. The lowest BCUT2D eigenvalue weighted by Gasteiger charge is -2.33. The molecule has 1 saturated carbocycles. The highest BCUT2D eigenvalue weighted by Gasteiger charge is 2.30. The standard InChI is InChI=1S/C104H98N6O2Si2/c1-73(83-27-15-11-16-28-83)105-101(106-74(2)84-29-17-12-18-30-84)99-93(35-25-37-95(99)89-61-49-81(50-62-89)69-71-113(5,6)7)87-57-45-77(46-58-87)41-43-79-53-65-91(66-54-79)103(111)109-97-39-23-24-40-98(97)110-104(112)92-67-55-80(56-68-92)44-42-78-47-59-88(60-48-78)94-36-26-38-96(90-63-51-82(52-64-90)70-72-114(8,9)10)100(94)102(107-75(3)85-31-19-13-20-32-85)108-76(4)86-33-21-14-22-34-86/h11-22,25-38,45-68,73-76,97-98H,23-24,39-40H2,1-10H3,(H,105,106)(H,107,108)(H,109,111)(H,110,112)/t73-,74-,75-,76?,97+,98+/m1/s1. The first kappa shape index (κ1) is 79.3. The van der Waals surface area contributed by atoms with E-state index < -0.39 is 16.1 Å². The van der Waals surface area contributed by atoms with Gasteiger partial charge < -0.3 is 21.3 Å². The number of hydrogen-bond acceptors (Lipinski definition) is 4. The largest absolute Gasteiger partial charge is 0.363 e. The molecule has 1 fully saturated rings. The summed E-state index contributed by atoms with van der Waals surface area (Å²) >= 11 is 0. The van der Waals surface area contributed by atoms with E-state index in [2.05, 4.69) is 365 Å². The fourth-order valence-electron chi connectivity index (χ4n) is 14.1. The first-order valence-corrected chi connectivity index (χ1v) is 46.7. The Kier molecular flexibility index (Phi) is 25.7. The van der Waals surface area contributed by atoms with E-state index in [0.29, 0.717) is 11.1 Å². The minimum absolute atomic E-state index is 0.0523. The monoisotopic (exact) mass is 1520 g/mol. The third kappa shape index (κ3) is 21.2. The van der Waals surface area contributed by atoms with E-state index in [9.17, 15) is 9.59 Å². The lowest BCUT2D eigenvalue weighted by atomic mass is 9.89. The Labute approximate surface area is 677 Å². The summed E-state index contributed by atoms with van der Waals surface area (Å²) < 4.78 is 0. The molecule has 0 heterocycles. The van der Waals surface area contributed by atoms with Crippen molar-refractivity contribution >= 4 is 39.6 Å². The number of carbonyl (C=O) groups is 2. The minimum Gasteiger partial charge on any atom is -0.363 e. The minimum atomic E-state index is -1.58. The van der Waals surface area contributed by atoms with E-state index in [0.717, 1.165) is 149 Å². The number of hydrogen-bond donors (Lipinski definition) is 4. The summed E-state index contributed by atoms with van der Waals surface area (Å²) in [5.41, 5.74) is 28.3. The van der Waals surface area contributed by atoms with Crippen molar-refractivity contribution in [1.29, 1.82) is 0 Å². The Hall–Kier alpha value is -12.8. The first-order chi connectivity index (χ1) is 55.2. The number of nitrogens with zero attached hydrogens (tertiary/aromatic N) is 2. The van der Waals surface area contributed by atoms with Gasteiger partial charge in [-0.15, -0.1) is 11.1 Å². The smallest absolute Gasteiger partial charge is 0.251 e. The molecule has 0 radical (unpaired) electrons. The van der Waals surface area contributed by atoms with Crippen molar-refractivity contribution in [3.63, 3.8) is 0 Å². The maximum atomic E-state index is 14.0. The molecule has 0 aromatic heterocycles. The number of nitrogens with one attached hydrogen (secondary N) is 4. The second-order valence-corrected chi connectivity index (χ2v) is 41.0. The normalized spacial score (nSPS) is 14.5.